The minimum absolute atomic E-state index is 0.0209. The topological polar surface area (TPSA) is 89.9 Å². The summed E-state index contributed by atoms with van der Waals surface area (Å²) >= 11 is 6.11. The molecule has 3 atom stereocenters. The molecule has 8 heteroatoms. The van der Waals surface area contributed by atoms with Crippen LogP contribution in [-0.2, 0) is 16.1 Å². The van der Waals surface area contributed by atoms with E-state index in [0.717, 1.165) is 11.8 Å². The van der Waals surface area contributed by atoms with Crippen LogP contribution in [0, 0.1) is 11.7 Å². The molecule has 1 fully saturated rings. The minimum Gasteiger partial charge on any atom is -0.480 e. The van der Waals surface area contributed by atoms with E-state index in [0.29, 0.717) is 37.2 Å². The van der Waals surface area contributed by atoms with Gasteiger partial charge in [-0.05, 0) is 67.0 Å². The lowest BCUT2D eigenvalue weighted by molar-refractivity contribution is -0.147. The third-order valence-corrected chi connectivity index (χ3v) is 6.72. The first kappa shape index (κ1) is 26.0. The first-order chi connectivity index (χ1) is 16.1. The average Bonchev–Trinajstić information content (AvgIpc) is 2.96. The Morgan fingerprint density at radius 1 is 1.15 bits per heavy atom. The maximum Gasteiger partial charge on any atom is 0.323 e. The Morgan fingerprint density at radius 3 is 2.56 bits per heavy atom. The summed E-state index contributed by atoms with van der Waals surface area (Å²) in [6, 6.07) is 11.7. The first-order valence-electron chi connectivity index (χ1n) is 11.6. The van der Waals surface area contributed by atoms with Gasteiger partial charge >= 0.3 is 5.97 Å². The van der Waals surface area contributed by atoms with Crippen LogP contribution >= 0.6 is 11.6 Å². The summed E-state index contributed by atoms with van der Waals surface area (Å²) in [5.41, 5.74) is 2.61. The highest BCUT2D eigenvalue weighted by atomic mass is 35.5. The Morgan fingerprint density at radius 2 is 1.88 bits per heavy atom. The van der Waals surface area contributed by atoms with Crippen LogP contribution < -0.4 is 5.32 Å². The number of anilines is 1. The molecule has 34 heavy (non-hydrogen) atoms. The van der Waals surface area contributed by atoms with Crippen molar-refractivity contribution < 1.29 is 24.2 Å². The van der Waals surface area contributed by atoms with Gasteiger partial charge in [0, 0.05) is 23.2 Å². The van der Waals surface area contributed by atoms with Gasteiger partial charge in [0.05, 0.1) is 12.1 Å². The van der Waals surface area contributed by atoms with Gasteiger partial charge in [-0.3, -0.25) is 9.59 Å². The summed E-state index contributed by atoms with van der Waals surface area (Å²) in [5.74, 6) is -1.96. The molecule has 0 spiro atoms. The van der Waals surface area contributed by atoms with E-state index in [4.69, 9.17) is 11.6 Å². The molecule has 0 aromatic heterocycles. The SMILES string of the molecule is CC(C)c1cccc(N[C@H]2CC[C@@H](C(=O)N(CC(=O)O)Cc3ccc(F)cc3Cl)CC[C@@H]2O)c1. The van der Waals surface area contributed by atoms with Crippen LogP contribution in [0.3, 0.4) is 0 Å². The van der Waals surface area contributed by atoms with Gasteiger partial charge in [0.15, 0.2) is 0 Å². The van der Waals surface area contributed by atoms with E-state index in [2.05, 4.69) is 31.3 Å². The Balaban J connectivity index is 1.70. The van der Waals surface area contributed by atoms with Gasteiger partial charge in [-0.25, -0.2) is 4.39 Å². The summed E-state index contributed by atoms with van der Waals surface area (Å²) in [4.78, 5) is 26.0. The molecule has 1 amide bonds. The molecule has 2 aromatic rings. The number of rotatable bonds is 8. The normalized spacial score (nSPS) is 20.6. The predicted octanol–water partition coefficient (Wildman–Crippen LogP) is 5.05. The second kappa shape index (κ2) is 11.7. The van der Waals surface area contributed by atoms with E-state index in [-0.39, 0.29) is 23.5 Å². The third-order valence-electron chi connectivity index (χ3n) is 6.37. The van der Waals surface area contributed by atoms with Crippen LogP contribution in [-0.4, -0.2) is 45.7 Å². The van der Waals surface area contributed by atoms with Crippen molar-refractivity contribution in [2.75, 3.05) is 11.9 Å². The number of aliphatic carboxylic acids is 1. The summed E-state index contributed by atoms with van der Waals surface area (Å²) in [5, 5.41) is 23.6. The van der Waals surface area contributed by atoms with Crippen LogP contribution in [0.25, 0.3) is 0 Å². The van der Waals surface area contributed by atoms with E-state index < -0.39 is 30.4 Å². The lowest BCUT2D eigenvalue weighted by Crippen LogP contribution is -2.39. The number of carboxylic acid groups (broad SMARTS) is 1. The number of nitrogens with zero attached hydrogens (tertiary/aromatic N) is 1. The van der Waals surface area contributed by atoms with E-state index in [1.54, 1.807) is 0 Å². The van der Waals surface area contributed by atoms with Gasteiger partial charge in [-0.15, -0.1) is 0 Å². The van der Waals surface area contributed by atoms with Gasteiger partial charge < -0.3 is 20.4 Å². The van der Waals surface area contributed by atoms with E-state index in [1.807, 2.05) is 12.1 Å². The van der Waals surface area contributed by atoms with Crippen molar-refractivity contribution in [2.24, 2.45) is 5.92 Å². The van der Waals surface area contributed by atoms with Gasteiger partial charge in [0.2, 0.25) is 5.91 Å². The summed E-state index contributed by atoms with van der Waals surface area (Å²) in [7, 11) is 0. The molecule has 184 valence electrons. The van der Waals surface area contributed by atoms with Crippen molar-refractivity contribution in [2.45, 2.75) is 64.1 Å². The largest absolute Gasteiger partial charge is 0.480 e. The van der Waals surface area contributed by atoms with Crippen molar-refractivity contribution in [1.29, 1.82) is 0 Å². The van der Waals surface area contributed by atoms with Gasteiger partial charge in [-0.1, -0.05) is 43.6 Å². The van der Waals surface area contributed by atoms with Gasteiger partial charge in [0.1, 0.15) is 12.4 Å². The number of carbonyl (C=O) groups is 2. The highest BCUT2D eigenvalue weighted by molar-refractivity contribution is 6.31. The molecule has 1 saturated carbocycles. The molecule has 0 bridgehead atoms. The van der Waals surface area contributed by atoms with Crippen LogP contribution in [0.5, 0.6) is 0 Å². The number of aliphatic hydroxyl groups excluding tert-OH is 1. The number of benzene rings is 2. The fourth-order valence-corrected chi connectivity index (χ4v) is 4.62. The zero-order valence-corrected chi connectivity index (χ0v) is 20.3. The lowest BCUT2D eigenvalue weighted by atomic mass is 9.98. The number of carbonyl (C=O) groups excluding carboxylic acids is 1. The molecule has 2 aromatic carbocycles. The molecular formula is C26H32ClFN2O4. The van der Waals surface area contributed by atoms with Crippen LogP contribution in [0.1, 0.15) is 56.6 Å². The number of aliphatic hydroxyl groups is 1. The Kier molecular flexibility index (Phi) is 8.91. The highest BCUT2D eigenvalue weighted by Gasteiger charge is 2.32. The first-order valence-corrected chi connectivity index (χ1v) is 12.0. The number of hydrogen-bond acceptors (Lipinski definition) is 4. The molecule has 1 aliphatic carbocycles. The van der Waals surface area contributed by atoms with Gasteiger partial charge in [-0.2, -0.15) is 0 Å². The Labute approximate surface area is 204 Å². The number of halogens is 2. The number of carboxylic acids is 1. The standard InChI is InChI=1S/C26H32ClFN2O4/c1-16(2)18-4-3-5-21(12-18)29-23-10-7-17(8-11-24(23)31)26(34)30(15-25(32)33)14-19-6-9-20(28)13-22(19)27/h3-6,9,12-13,16-17,23-24,29,31H,7-8,10-11,14-15H2,1-2H3,(H,32,33)/t17-,23+,24+/m1/s1. The number of nitrogens with one attached hydrogen (secondary N) is 1. The third kappa shape index (κ3) is 6.93. The average molecular weight is 491 g/mol. The van der Waals surface area contributed by atoms with Gasteiger partial charge in [0.25, 0.3) is 0 Å². The molecule has 6 nitrogen and oxygen atoms in total. The molecule has 1 aliphatic rings. The van der Waals surface area contributed by atoms with Crippen LogP contribution in [0.15, 0.2) is 42.5 Å². The summed E-state index contributed by atoms with van der Waals surface area (Å²) in [6.45, 7) is 3.75. The molecular weight excluding hydrogens is 459 g/mol. The maximum absolute atomic E-state index is 13.4. The zero-order chi connectivity index (χ0) is 24.8. The molecule has 0 heterocycles. The van der Waals surface area contributed by atoms with Crippen molar-refractivity contribution in [1.82, 2.24) is 4.90 Å². The molecule has 3 rings (SSSR count). The molecule has 0 saturated heterocycles. The lowest BCUT2D eigenvalue weighted by Gasteiger charge is -2.26. The molecule has 3 N–H and O–H groups in total. The summed E-state index contributed by atoms with van der Waals surface area (Å²) in [6.07, 6.45) is 1.35. The van der Waals surface area contributed by atoms with Crippen molar-refractivity contribution in [3.05, 3.63) is 64.4 Å². The fourth-order valence-electron chi connectivity index (χ4n) is 4.40. The molecule has 0 aliphatic heterocycles. The quantitative estimate of drug-likeness (QED) is 0.451. The van der Waals surface area contributed by atoms with E-state index >= 15 is 0 Å². The monoisotopic (exact) mass is 490 g/mol. The molecule has 0 radical (unpaired) electrons. The second-order valence-corrected chi connectivity index (χ2v) is 9.68. The highest BCUT2D eigenvalue weighted by Crippen LogP contribution is 2.29. The number of amides is 1. The van der Waals surface area contributed by atoms with Crippen molar-refractivity contribution in [3.8, 4) is 0 Å². The predicted molar refractivity (Wildman–Crippen MR) is 130 cm³/mol. The van der Waals surface area contributed by atoms with Crippen molar-refractivity contribution in [3.63, 3.8) is 0 Å². The summed E-state index contributed by atoms with van der Waals surface area (Å²) < 4.78 is 13.4. The molecule has 0 unspecified atom stereocenters. The van der Waals surface area contributed by atoms with E-state index in [1.165, 1.54) is 22.6 Å². The van der Waals surface area contributed by atoms with Crippen LogP contribution in [0.2, 0.25) is 5.02 Å². The zero-order valence-electron chi connectivity index (χ0n) is 19.5. The van der Waals surface area contributed by atoms with E-state index in [9.17, 15) is 24.2 Å². The van der Waals surface area contributed by atoms with Crippen molar-refractivity contribution >= 4 is 29.2 Å². The smallest absolute Gasteiger partial charge is 0.323 e. The maximum atomic E-state index is 13.4. The second-order valence-electron chi connectivity index (χ2n) is 9.27. The fraction of sp³-hybridized carbons (Fsp3) is 0.462. The minimum atomic E-state index is -1.13. The number of hydrogen-bond donors (Lipinski definition) is 3. The Hall–Kier alpha value is -2.64. The van der Waals surface area contributed by atoms with Crippen LogP contribution in [0.4, 0.5) is 10.1 Å². The Bertz CT molecular complexity index is 1020.